The fraction of sp³-hybridized carbons (Fsp3) is 0.526. The molecular formula is C19H27F2N5O5. The number of hydrogen-bond acceptors (Lipinski definition) is 7. The Labute approximate surface area is 178 Å². The minimum Gasteiger partial charge on any atom is -0.442 e. The van der Waals surface area contributed by atoms with Crippen molar-refractivity contribution in [3.63, 3.8) is 0 Å². The summed E-state index contributed by atoms with van der Waals surface area (Å²) in [5.74, 6) is -2.42. The van der Waals surface area contributed by atoms with Crippen LogP contribution in [0.2, 0.25) is 0 Å². The summed E-state index contributed by atoms with van der Waals surface area (Å²) in [4.78, 5) is 42.6. The summed E-state index contributed by atoms with van der Waals surface area (Å²) in [6.07, 6.45) is -1.38. The van der Waals surface area contributed by atoms with Gasteiger partial charge in [-0.3, -0.25) is 19.3 Å². The third kappa shape index (κ3) is 5.58. The molecule has 1 aromatic rings. The number of carbonyl (C=O) groups is 3. The second kappa shape index (κ2) is 10.4. The quantitative estimate of drug-likeness (QED) is 0.684. The van der Waals surface area contributed by atoms with Gasteiger partial charge in [0.1, 0.15) is 11.8 Å². The van der Waals surface area contributed by atoms with E-state index in [1.54, 1.807) is 0 Å². The zero-order valence-electron chi connectivity index (χ0n) is 16.4. The molecule has 2 saturated heterocycles. The van der Waals surface area contributed by atoms with E-state index in [-0.39, 0.29) is 70.6 Å². The van der Waals surface area contributed by atoms with E-state index in [9.17, 15) is 23.2 Å². The molecule has 3 rings (SSSR count). The van der Waals surface area contributed by atoms with E-state index in [2.05, 4.69) is 5.32 Å². The van der Waals surface area contributed by atoms with Gasteiger partial charge in [0.05, 0.1) is 38.5 Å². The molecule has 3 N–H and O–H groups in total. The number of anilines is 2. The van der Waals surface area contributed by atoms with Crippen LogP contribution in [0.4, 0.5) is 25.0 Å². The van der Waals surface area contributed by atoms with Crippen molar-refractivity contribution in [2.75, 3.05) is 55.7 Å². The molecule has 0 aromatic heterocycles. The Balaban J connectivity index is 0.00000341. The predicted octanol–water partition coefficient (Wildman–Crippen LogP) is 0.601. The number of amides is 3. The smallest absolute Gasteiger partial charge is 0.414 e. The number of rotatable bonds is 5. The zero-order chi connectivity index (χ0) is 21.8. The van der Waals surface area contributed by atoms with Gasteiger partial charge in [0.15, 0.2) is 11.6 Å². The van der Waals surface area contributed by atoms with E-state index in [0.29, 0.717) is 0 Å². The summed E-state index contributed by atoms with van der Waals surface area (Å²) in [5, 5.41) is 3.61. The Kier molecular flexibility index (Phi) is 8.11. The molecule has 10 nitrogen and oxygen atoms in total. The first-order chi connectivity index (χ1) is 14.3. The number of hydroxylamine groups is 2. The first-order valence-electron chi connectivity index (χ1n) is 9.40. The summed E-state index contributed by atoms with van der Waals surface area (Å²) < 4.78 is 34.8. The number of nitrogens with two attached hydrogens (primary N) is 1. The monoisotopic (exact) mass is 443 g/mol. The van der Waals surface area contributed by atoms with Crippen molar-refractivity contribution >= 4 is 29.3 Å². The second-order valence-electron chi connectivity index (χ2n) is 6.83. The lowest BCUT2D eigenvalue weighted by Crippen LogP contribution is -2.38. The maximum absolute atomic E-state index is 14.8. The van der Waals surface area contributed by atoms with Gasteiger partial charge < -0.3 is 20.7 Å². The molecule has 1 aromatic carbocycles. The van der Waals surface area contributed by atoms with E-state index in [4.69, 9.17) is 15.3 Å². The van der Waals surface area contributed by atoms with Crippen LogP contribution in [0, 0.1) is 11.6 Å². The molecular weight excluding hydrogens is 416 g/mol. The molecule has 172 valence electrons. The van der Waals surface area contributed by atoms with Crippen molar-refractivity contribution in [1.82, 2.24) is 10.4 Å². The van der Waals surface area contributed by atoms with Crippen molar-refractivity contribution < 1.29 is 32.7 Å². The SMILES string of the molecule is C.CC(=O)NC[C@H]1CN(c2cc(F)c(N3CCON(C(=O)CN)CC3)c(F)c2)C(=O)O1. The summed E-state index contributed by atoms with van der Waals surface area (Å²) in [7, 11) is 0. The number of hydrogen-bond donors (Lipinski definition) is 2. The van der Waals surface area contributed by atoms with Crippen LogP contribution in [0.1, 0.15) is 14.4 Å². The standard InChI is InChI=1S/C18H23F2N5O5.CH4/c1-11(26)22-9-13-10-24(18(28)30-13)12-6-14(19)17(15(20)7-12)23-2-3-25(16(27)8-21)29-5-4-23;/h6-7,13H,2-5,8-10,21H2,1H3,(H,22,26);1H4/t13-;/m0./s1. The minimum absolute atomic E-state index is 0. The highest BCUT2D eigenvalue weighted by Gasteiger charge is 2.34. The Hall–Kier alpha value is -2.99. The molecule has 2 fully saturated rings. The van der Waals surface area contributed by atoms with Gasteiger partial charge in [-0.1, -0.05) is 7.43 Å². The Morgan fingerprint density at radius 2 is 1.90 bits per heavy atom. The molecule has 2 aliphatic rings. The van der Waals surface area contributed by atoms with E-state index in [1.807, 2.05) is 0 Å². The molecule has 31 heavy (non-hydrogen) atoms. The molecule has 2 heterocycles. The van der Waals surface area contributed by atoms with E-state index < -0.39 is 29.7 Å². The lowest BCUT2D eigenvalue weighted by Gasteiger charge is -2.24. The third-order valence-corrected chi connectivity index (χ3v) is 4.72. The fourth-order valence-electron chi connectivity index (χ4n) is 3.28. The highest BCUT2D eigenvalue weighted by Crippen LogP contribution is 2.31. The van der Waals surface area contributed by atoms with Crippen molar-refractivity contribution in [3.05, 3.63) is 23.8 Å². The lowest BCUT2D eigenvalue weighted by molar-refractivity contribution is -0.180. The Morgan fingerprint density at radius 3 is 2.52 bits per heavy atom. The maximum atomic E-state index is 14.8. The minimum atomic E-state index is -0.860. The van der Waals surface area contributed by atoms with E-state index in [1.165, 1.54) is 11.8 Å². The molecule has 0 unspecified atom stereocenters. The molecule has 3 amide bonds. The third-order valence-electron chi connectivity index (χ3n) is 4.72. The molecule has 0 radical (unpaired) electrons. The zero-order valence-corrected chi connectivity index (χ0v) is 16.4. The number of cyclic esters (lactones) is 1. The van der Waals surface area contributed by atoms with Gasteiger partial charge in [-0.05, 0) is 0 Å². The van der Waals surface area contributed by atoms with Crippen LogP contribution in [0.3, 0.4) is 0 Å². The van der Waals surface area contributed by atoms with Crippen molar-refractivity contribution in [2.24, 2.45) is 5.73 Å². The highest BCUT2D eigenvalue weighted by atomic mass is 19.1. The summed E-state index contributed by atoms with van der Waals surface area (Å²) in [6, 6.07) is 2.10. The molecule has 0 spiro atoms. The number of nitrogens with zero attached hydrogens (tertiary/aromatic N) is 3. The fourth-order valence-corrected chi connectivity index (χ4v) is 3.28. The number of halogens is 2. The van der Waals surface area contributed by atoms with Crippen LogP contribution in [-0.4, -0.2) is 75.0 Å². The highest BCUT2D eigenvalue weighted by molar-refractivity contribution is 5.90. The van der Waals surface area contributed by atoms with Crippen LogP contribution in [0.25, 0.3) is 0 Å². The average molecular weight is 443 g/mol. The maximum Gasteiger partial charge on any atom is 0.414 e. The molecule has 0 aliphatic carbocycles. The van der Waals surface area contributed by atoms with Crippen LogP contribution in [-0.2, 0) is 19.2 Å². The largest absolute Gasteiger partial charge is 0.442 e. The molecule has 0 saturated carbocycles. The normalized spacial score (nSPS) is 18.9. The van der Waals surface area contributed by atoms with Crippen molar-refractivity contribution in [1.29, 1.82) is 0 Å². The molecule has 2 aliphatic heterocycles. The van der Waals surface area contributed by atoms with Crippen molar-refractivity contribution in [2.45, 2.75) is 20.5 Å². The van der Waals surface area contributed by atoms with Gasteiger partial charge in [0, 0.05) is 32.1 Å². The first-order valence-corrected chi connectivity index (χ1v) is 9.40. The van der Waals surface area contributed by atoms with Gasteiger partial charge in [0.2, 0.25) is 5.91 Å². The van der Waals surface area contributed by atoms with Crippen LogP contribution < -0.4 is 20.9 Å². The van der Waals surface area contributed by atoms with Crippen molar-refractivity contribution in [3.8, 4) is 0 Å². The van der Waals surface area contributed by atoms with Crippen LogP contribution in [0.5, 0.6) is 0 Å². The topological polar surface area (TPSA) is 117 Å². The number of carbonyl (C=O) groups excluding carboxylic acids is 3. The average Bonchev–Trinajstić information content (AvgIpc) is 2.90. The van der Waals surface area contributed by atoms with Gasteiger partial charge in [0.25, 0.3) is 5.91 Å². The van der Waals surface area contributed by atoms with Gasteiger partial charge >= 0.3 is 6.09 Å². The number of benzene rings is 1. The Bertz CT molecular complexity index is 817. The summed E-state index contributed by atoms with van der Waals surface area (Å²) in [5.41, 5.74) is 5.05. The van der Waals surface area contributed by atoms with Gasteiger partial charge in [-0.15, -0.1) is 0 Å². The van der Waals surface area contributed by atoms with Crippen LogP contribution >= 0.6 is 0 Å². The van der Waals surface area contributed by atoms with Gasteiger partial charge in [-0.2, -0.15) is 0 Å². The molecule has 12 heteroatoms. The second-order valence-corrected chi connectivity index (χ2v) is 6.83. The van der Waals surface area contributed by atoms with Crippen LogP contribution in [0.15, 0.2) is 12.1 Å². The summed E-state index contributed by atoms with van der Waals surface area (Å²) >= 11 is 0. The Morgan fingerprint density at radius 1 is 1.23 bits per heavy atom. The summed E-state index contributed by atoms with van der Waals surface area (Å²) in [6.45, 7) is 1.70. The molecule has 0 bridgehead atoms. The van der Waals surface area contributed by atoms with E-state index >= 15 is 0 Å². The van der Waals surface area contributed by atoms with Gasteiger partial charge in [-0.25, -0.2) is 18.6 Å². The predicted molar refractivity (Wildman–Crippen MR) is 108 cm³/mol. The first kappa shape index (κ1) is 24.3. The number of ether oxygens (including phenoxy) is 1. The molecule has 1 atom stereocenters. The lowest BCUT2D eigenvalue weighted by atomic mass is 10.2. The van der Waals surface area contributed by atoms with E-state index in [0.717, 1.165) is 22.1 Å². The number of nitrogens with one attached hydrogen (secondary N) is 1.